The molecular formula is C24H21N7O5S. The van der Waals surface area contributed by atoms with Crippen LogP contribution in [0.3, 0.4) is 0 Å². The van der Waals surface area contributed by atoms with Crippen LogP contribution < -0.4 is 19.3 Å². The lowest BCUT2D eigenvalue weighted by Crippen LogP contribution is -2.15. The van der Waals surface area contributed by atoms with Crippen molar-refractivity contribution in [3.63, 3.8) is 0 Å². The number of pyridine rings is 2. The average molecular weight is 520 g/mol. The zero-order valence-corrected chi connectivity index (χ0v) is 20.8. The maximum absolute atomic E-state index is 12.2. The minimum atomic E-state index is -4.13. The van der Waals surface area contributed by atoms with Gasteiger partial charge >= 0.3 is 0 Å². The van der Waals surface area contributed by atoms with E-state index in [1.165, 1.54) is 33.7 Å². The standard InChI is InChI=1S/C24H21N7O5S/c1-34-17-9-5-10-18(35-2)20(17)31-22(15-8-4-11-19(28-15)36-3)30-21-23(31)29-16(13-27-21)14-7-6-12-26-24(14)37(25,32)33/h4-13H,1-3H3,(H2,25,32,33). The summed E-state index contributed by atoms with van der Waals surface area (Å²) in [6.45, 7) is 0. The van der Waals surface area contributed by atoms with E-state index in [0.29, 0.717) is 40.2 Å². The summed E-state index contributed by atoms with van der Waals surface area (Å²) in [6, 6.07) is 13.7. The SMILES string of the molecule is COc1cccc(-c2nc3ncc(-c4cccnc4S(N)(=O)=O)nc3n2-c2c(OC)cccc2OC)n1. The van der Waals surface area contributed by atoms with Crippen molar-refractivity contribution in [2.45, 2.75) is 5.03 Å². The molecule has 0 radical (unpaired) electrons. The van der Waals surface area contributed by atoms with E-state index in [1.807, 2.05) is 0 Å². The normalized spacial score (nSPS) is 11.5. The first-order valence-electron chi connectivity index (χ1n) is 10.8. The summed E-state index contributed by atoms with van der Waals surface area (Å²) in [5.74, 6) is 1.72. The minimum Gasteiger partial charge on any atom is -0.494 e. The lowest BCUT2D eigenvalue weighted by Gasteiger charge is -2.16. The molecule has 5 aromatic rings. The van der Waals surface area contributed by atoms with Crippen molar-refractivity contribution in [3.05, 3.63) is 60.9 Å². The van der Waals surface area contributed by atoms with Crippen molar-refractivity contribution in [3.8, 4) is 45.8 Å². The molecular weight excluding hydrogens is 498 g/mol. The maximum Gasteiger partial charge on any atom is 0.256 e. The first-order valence-corrected chi connectivity index (χ1v) is 12.4. The van der Waals surface area contributed by atoms with E-state index >= 15 is 0 Å². The first kappa shape index (κ1) is 24.1. The molecule has 0 saturated carbocycles. The fourth-order valence-corrected chi connectivity index (χ4v) is 4.57. The molecule has 0 aliphatic heterocycles. The molecule has 0 fully saturated rings. The van der Waals surface area contributed by atoms with Gasteiger partial charge in [0.25, 0.3) is 10.0 Å². The molecule has 4 aromatic heterocycles. The van der Waals surface area contributed by atoms with Gasteiger partial charge in [0.1, 0.15) is 22.9 Å². The van der Waals surface area contributed by atoms with E-state index < -0.39 is 10.0 Å². The van der Waals surface area contributed by atoms with Crippen LogP contribution in [0.2, 0.25) is 0 Å². The molecule has 0 bridgehead atoms. The predicted octanol–water partition coefficient (Wildman–Crippen LogP) is 2.61. The highest BCUT2D eigenvalue weighted by Crippen LogP contribution is 2.38. The molecule has 0 amide bonds. The van der Waals surface area contributed by atoms with Gasteiger partial charge in [0.2, 0.25) is 5.88 Å². The molecule has 0 aliphatic rings. The number of imidazole rings is 1. The zero-order chi connectivity index (χ0) is 26.2. The molecule has 12 nitrogen and oxygen atoms in total. The number of nitrogens with two attached hydrogens (primary N) is 1. The van der Waals surface area contributed by atoms with E-state index in [9.17, 15) is 8.42 Å². The van der Waals surface area contributed by atoms with Crippen LogP contribution in [0.15, 0.2) is 66.0 Å². The number of hydrogen-bond donors (Lipinski definition) is 1. The molecule has 0 unspecified atom stereocenters. The average Bonchev–Trinajstić information content (AvgIpc) is 3.30. The number of aromatic nitrogens is 6. The zero-order valence-electron chi connectivity index (χ0n) is 20.0. The van der Waals surface area contributed by atoms with Crippen molar-refractivity contribution < 1.29 is 22.6 Å². The number of benzene rings is 1. The third-order valence-electron chi connectivity index (χ3n) is 5.47. The maximum atomic E-state index is 12.2. The molecule has 37 heavy (non-hydrogen) atoms. The van der Waals surface area contributed by atoms with Gasteiger partial charge in [0.15, 0.2) is 22.1 Å². The molecule has 1 aromatic carbocycles. The summed E-state index contributed by atoms with van der Waals surface area (Å²) in [7, 11) is 0.457. The highest BCUT2D eigenvalue weighted by atomic mass is 32.2. The largest absolute Gasteiger partial charge is 0.494 e. The van der Waals surface area contributed by atoms with Gasteiger partial charge in [-0.25, -0.2) is 38.5 Å². The van der Waals surface area contributed by atoms with Crippen molar-refractivity contribution in [1.82, 2.24) is 29.5 Å². The Kier molecular flexibility index (Phi) is 6.15. The Labute approximate surface area is 211 Å². The Hall–Kier alpha value is -4.62. The fraction of sp³-hybridized carbons (Fsp3) is 0.125. The van der Waals surface area contributed by atoms with Crippen LogP contribution in [0.5, 0.6) is 17.4 Å². The van der Waals surface area contributed by atoms with Crippen LogP contribution in [0, 0.1) is 0 Å². The van der Waals surface area contributed by atoms with Gasteiger partial charge in [-0.15, -0.1) is 0 Å². The molecule has 4 heterocycles. The van der Waals surface area contributed by atoms with Gasteiger partial charge in [0, 0.05) is 17.8 Å². The second-order valence-corrected chi connectivity index (χ2v) is 9.13. The Morgan fingerprint density at radius 2 is 1.54 bits per heavy atom. The number of methoxy groups -OCH3 is 3. The van der Waals surface area contributed by atoms with Crippen LogP contribution in [-0.4, -0.2) is 59.2 Å². The van der Waals surface area contributed by atoms with Crippen LogP contribution in [0.4, 0.5) is 0 Å². The molecule has 0 atom stereocenters. The smallest absolute Gasteiger partial charge is 0.256 e. The Morgan fingerprint density at radius 3 is 2.22 bits per heavy atom. The highest BCUT2D eigenvalue weighted by Gasteiger charge is 2.25. The summed E-state index contributed by atoms with van der Waals surface area (Å²) >= 11 is 0. The van der Waals surface area contributed by atoms with Crippen molar-refractivity contribution >= 4 is 21.3 Å². The molecule has 188 valence electrons. The molecule has 0 aliphatic carbocycles. The number of para-hydroxylation sites is 1. The quantitative estimate of drug-likeness (QED) is 0.339. The van der Waals surface area contributed by atoms with Crippen LogP contribution in [0.25, 0.3) is 39.8 Å². The van der Waals surface area contributed by atoms with Crippen molar-refractivity contribution in [1.29, 1.82) is 0 Å². The van der Waals surface area contributed by atoms with Gasteiger partial charge in [0.05, 0.1) is 33.2 Å². The third kappa shape index (κ3) is 4.30. The van der Waals surface area contributed by atoms with Gasteiger partial charge in [-0.3, -0.25) is 4.57 Å². The predicted molar refractivity (Wildman–Crippen MR) is 134 cm³/mol. The van der Waals surface area contributed by atoms with Gasteiger partial charge in [-0.1, -0.05) is 12.1 Å². The summed E-state index contributed by atoms with van der Waals surface area (Å²) in [4.78, 5) is 22.4. The second kappa shape index (κ2) is 9.44. The number of hydrogen-bond acceptors (Lipinski definition) is 10. The fourth-order valence-electron chi connectivity index (χ4n) is 3.88. The summed E-state index contributed by atoms with van der Waals surface area (Å²) in [6.07, 6.45) is 2.75. The summed E-state index contributed by atoms with van der Waals surface area (Å²) < 4.78 is 42.7. The third-order valence-corrected chi connectivity index (χ3v) is 6.34. The Balaban J connectivity index is 1.88. The van der Waals surface area contributed by atoms with E-state index in [2.05, 4.69) is 15.0 Å². The molecule has 5 rings (SSSR count). The number of fused-ring (bicyclic) bond motifs is 1. The van der Waals surface area contributed by atoms with E-state index in [0.717, 1.165) is 0 Å². The molecule has 13 heteroatoms. The van der Waals surface area contributed by atoms with Gasteiger partial charge < -0.3 is 14.2 Å². The summed E-state index contributed by atoms with van der Waals surface area (Å²) in [5.41, 5.74) is 1.96. The number of primary sulfonamides is 1. The van der Waals surface area contributed by atoms with Gasteiger partial charge in [-0.05, 0) is 30.3 Å². The topological polar surface area (TPSA) is 157 Å². The lowest BCUT2D eigenvalue weighted by molar-refractivity contribution is 0.391. The van der Waals surface area contributed by atoms with E-state index in [-0.39, 0.29) is 21.9 Å². The lowest BCUT2D eigenvalue weighted by atomic mass is 10.2. The highest BCUT2D eigenvalue weighted by molar-refractivity contribution is 7.89. The van der Waals surface area contributed by atoms with Crippen LogP contribution in [-0.2, 0) is 10.0 Å². The minimum absolute atomic E-state index is 0.195. The van der Waals surface area contributed by atoms with E-state index in [4.69, 9.17) is 29.3 Å². The Morgan fingerprint density at radius 1 is 0.811 bits per heavy atom. The molecule has 0 spiro atoms. The van der Waals surface area contributed by atoms with Crippen LogP contribution in [0.1, 0.15) is 0 Å². The number of ether oxygens (including phenoxy) is 3. The number of sulfonamides is 1. The van der Waals surface area contributed by atoms with Gasteiger partial charge in [-0.2, -0.15) is 0 Å². The van der Waals surface area contributed by atoms with Crippen molar-refractivity contribution in [2.75, 3.05) is 21.3 Å². The van der Waals surface area contributed by atoms with Crippen LogP contribution >= 0.6 is 0 Å². The number of rotatable bonds is 7. The molecule has 0 saturated heterocycles. The first-order chi connectivity index (χ1) is 17.9. The summed E-state index contributed by atoms with van der Waals surface area (Å²) in [5, 5.41) is 5.08. The monoisotopic (exact) mass is 519 g/mol. The van der Waals surface area contributed by atoms with E-state index in [1.54, 1.807) is 53.1 Å². The number of nitrogens with zero attached hydrogens (tertiary/aromatic N) is 6. The second-order valence-electron chi connectivity index (χ2n) is 7.65. The Bertz CT molecular complexity index is 1720. The molecule has 2 N–H and O–H groups in total. The van der Waals surface area contributed by atoms with Crippen molar-refractivity contribution in [2.24, 2.45) is 5.14 Å².